The molecule has 0 unspecified atom stereocenters. The van der Waals surface area contributed by atoms with Gasteiger partial charge >= 0.3 is 0 Å². The predicted octanol–water partition coefficient (Wildman–Crippen LogP) is 5.61. The molecule has 1 saturated carbocycles. The fraction of sp³-hybridized carbons (Fsp3) is 1.00. The van der Waals surface area contributed by atoms with Gasteiger partial charge in [-0.25, -0.2) is 0 Å². The smallest absolute Gasteiger partial charge is 0.0351 e. The minimum Gasteiger partial charge on any atom is -0.299 e. The molecule has 0 spiro atoms. The number of nitrogens with zero attached hydrogens (tertiary/aromatic N) is 1. The average Bonchev–Trinajstić information content (AvgIpc) is 2.46. The molecular weight excluding hydrogens is 254 g/mol. The van der Waals surface area contributed by atoms with Gasteiger partial charge < -0.3 is 0 Å². The minimum absolute atomic E-state index is 0.799. The van der Waals surface area contributed by atoms with Crippen molar-refractivity contribution in [2.75, 3.05) is 19.0 Å². The first-order valence-corrected chi connectivity index (χ1v) is 9.22. The van der Waals surface area contributed by atoms with E-state index in [4.69, 9.17) is 11.6 Å². The number of alkyl halides is 1. The van der Waals surface area contributed by atoms with E-state index in [0.717, 1.165) is 18.5 Å². The van der Waals surface area contributed by atoms with Crippen molar-refractivity contribution in [1.29, 1.82) is 0 Å². The van der Waals surface area contributed by atoms with Crippen molar-refractivity contribution in [3.63, 3.8) is 0 Å². The van der Waals surface area contributed by atoms with E-state index in [2.05, 4.69) is 11.8 Å². The van der Waals surface area contributed by atoms with Crippen LogP contribution >= 0.6 is 11.6 Å². The van der Waals surface area contributed by atoms with Gasteiger partial charge in [0, 0.05) is 18.5 Å². The van der Waals surface area contributed by atoms with Gasteiger partial charge in [0.05, 0.1) is 0 Å². The highest BCUT2D eigenvalue weighted by atomic mass is 35.5. The van der Waals surface area contributed by atoms with Crippen LogP contribution in [0.3, 0.4) is 0 Å². The average molecular weight is 288 g/mol. The summed E-state index contributed by atoms with van der Waals surface area (Å²) in [5.74, 6) is 0.799. The van der Waals surface area contributed by atoms with E-state index in [9.17, 15) is 0 Å². The molecule has 0 bridgehead atoms. The van der Waals surface area contributed by atoms with Crippen molar-refractivity contribution < 1.29 is 0 Å². The van der Waals surface area contributed by atoms with Crippen molar-refractivity contribution in [2.24, 2.45) is 0 Å². The zero-order valence-corrected chi connectivity index (χ0v) is 13.8. The zero-order chi connectivity index (χ0) is 13.8. The van der Waals surface area contributed by atoms with Crippen LogP contribution in [0, 0.1) is 0 Å². The topological polar surface area (TPSA) is 3.24 Å². The molecule has 0 heterocycles. The quantitative estimate of drug-likeness (QED) is 0.353. The van der Waals surface area contributed by atoms with Gasteiger partial charge in [-0.1, -0.05) is 64.7 Å². The maximum absolute atomic E-state index is 5.97. The van der Waals surface area contributed by atoms with Crippen LogP contribution in [0.1, 0.15) is 84.0 Å². The van der Waals surface area contributed by atoms with Gasteiger partial charge in [0.15, 0.2) is 0 Å². The van der Waals surface area contributed by atoms with Gasteiger partial charge in [-0.3, -0.25) is 4.90 Å². The molecule has 0 aromatic rings. The SMILES string of the molecule is CCCCCCCCCN(CCCl)C1CCCCC1. The van der Waals surface area contributed by atoms with E-state index < -0.39 is 0 Å². The molecule has 1 fully saturated rings. The lowest BCUT2D eigenvalue weighted by molar-refractivity contribution is 0.161. The monoisotopic (exact) mass is 287 g/mol. The maximum atomic E-state index is 5.97. The van der Waals surface area contributed by atoms with Crippen molar-refractivity contribution in [3.05, 3.63) is 0 Å². The zero-order valence-electron chi connectivity index (χ0n) is 13.0. The molecule has 0 radical (unpaired) electrons. The second-order valence-electron chi connectivity index (χ2n) is 6.14. The highest BCUT2D eigenvalue weighted by Crippen LogP contribution is 2.23. The Morgan fingerprint density at radius 1 is 0.842 bits per heavy atom. The van der Waals surface area contributed by atoms with Crippen LogP contribution in [0.2, 0.25) is 0 Å². The Morgan fingerprint density at radius 3 is 2.11 bits per heavy atom. The number of halogens is 1. The number of rotatable bonds is 11. The van der Waals surface area contributed by atoms with Crippen LogP contribution in [-0.4, -0.2) is 29.9 Å². The van der Waals surface area contributed by atoms with Crippen LogP contribution in [0.15, 0.2) is 0 Å². The molecule has 0 amide bonds. The summed E-state index contributed by atoms with van der Waals surface area (Å²) in [5.41, 5.74) is 0. The molecular formula is C17H34ClN. The summed E-state index contributed by atoms with van der Waals surface area (Å²) in [6.07, 6.45) is 17.0. The number of unbranched alkanes of at least 4 members (excludes halogenated alkanes) is 6. The Hall–Kier alpha value is 0.250. The third-order valence-electron chi connectivity index (χ3n) is 4.51. The molecule has 19 heavy (non-hydrogen) atoms. The van der Waals surface area contributed by atoms with Crippen molar-refractivity contribution >= 4 is 11.6 Å². The summed E-state index contributed by atoms with van der Waals surface area (Å²) < 4.78 is 0. The normalized spacial score (nSPS) is 17.2. The Labute approximate surface area is 126 Å². The summed E-state index contributed by atoms with van der Waals surface area (Å²) in [6, 6.07) is 0.840. The third kappa shape index (κ3) is 8.19. The lowest BCUT2D eigenvalue weighted by atomic mass is 9.94. The van der Waals surface area contributed by atoms with Gasteiger partial charge in [0.1, 0.15) is 0 Å². The minimum atomic E-state index is 0.799. The summed E-state index contributed by atoms with van der Waals surface area (Å²) in [6.45, 7) is 4.67. The molecule has 1 rings (SSSR count). The van der Waals surface area contributed by atoms with Gasteiger partial charge in [-0.05, 0) is 25.8 Å². The first kappa shape index (κ1) is 17.3. The van der Waals surface area contributed by atoms with Crippen LogP contribution < -0.4 is 0 Å². The third-order valence-corrected chi connectivity index (χ3v) is 4.68. The Morgan fingerprint density at radius 2 is 1.47 bits per heavy atom. The first-order chi connectivity index (χ1) is 9.38. The summed E-state index contributed by atoms with van der Waals surface area (Å²) in [7, 11) is 0. The van der Waals surface area contributed by atoms with E-state index in [-0.39, 0.29) is 0 Å². The van der Waals surface area contributed by atoms with Crippen LogP contribution in [-0.2, 0) is 0 Å². The summed E-state index contributed by atoms with van der Waals surface area (Å²) in [5, 5.41) is 0. The van der Waals surface area contributed by atoms with Crippen LogP contribution in [0.5, 0.6) is 0 Å². The Balaban J connectivity index is 2.07. The van der Waals surface area contributed by atoms with E-state index in [1.54, 1.807) is 0 Å². The molecule has 1 nitrogen and oxygen atoms in total. The maximum Gasteiger partial charge on any atom is 0.0351 e. The fourth-order valence-corrected chi connectivity index (χ4v) is 3.52. The van der Waals surface area contributed by atoms with E-state index in [1.165, 1.54) is 83.6 Å². The molecule has 0 aromatic heterocycles. The number of hydrogen-bond donors (Lipinski definition) is 0. The summed E-state index contributed by atoms with van der Waals surface area (Å²) >= 11 is 5.97. The molecule has 0 atom stereocenters. The van der Waals surface area contributed by atoms with Crippen LogP contribution in [0.4, 0.5) is 0 Å². The summed E-state index contributed by atoms with van der Waals surface area (Å²) in [4.78, 5) is 2.68. The predicted molar refractivity (Wildman–Crippen MR) is 87.2 cm³/mol. The number of hydrogen-bond acceptors (Lipinski definition) is 1. The van der Waals surface area contributed by atoms with Gasteiger partial charge in [0.25, 0.3) is 0 Å². The second-order valence-corrected chi connectivity index (χ2v) is 6.52. The van der Waals surface area contributed by atoms with Gasteiger partial charge in [-0.15, -0.1) is 11.6 Å². The van der Waals surface area contributed by atoms with Crippen molar-refractivity contribution in [1.82, 2.24) is 4.90 Å². The molecule has 1 aliphatic carbocycles. The largest absolute Gasteiger partial charge is 0.299 e. The van der Waals surface area contributed by atoms with E-state index in [0.29, 0.717) is 0 Å². The fourth-order valence-electron chi connectivity index (χ4n) is 3.30. The van der Waals surface area contributed by atoms with Crippen molar-refractivity contribution in [3.8, 4) is 0 Å². The Kier molecular flexibility index (Phi) is 11.0. The molecule has 114 valence electrons. The van der Waals surface area contributed by atoms with Crippen molar-refractivity contribution in [2.45, 2.75) is 90.0 Å². The molecule has 1 aliphatic rings. The van der Waals surface area contributed by atoms with E-state index >= 15 is 0 Å². The van der Waals surface area contributed by atoms with Crippen LogP contribution in [0.25, 0.3) is 0 Å². The molecule has 2 heteroatoms. The van der Waals surface area contributed by atoms with Gasteiger partial charge in [0.2, 0.25) is 0 Å². The van der Waals surface area contributed by atoms with E-state index in [1.807, 2.05) is 0 Å². The Bertz CT molecular complexity index is 190. The standard InChI is InChI=1S/C17H34ClN/c1-2-3-4-5-6-7-11-15-19(16-14-18)17-12-9-8-10-13-17/h17H,2-16H2,1H3. The highest BCUT2D eigenvalue weighted by molar-refractivity contribution is 6.18. The molecule has 0 saturated heterocycles. The highest BCUT2D eigenvalue weighted by Gasteiger charge is 2.19. The second kappa shape index (κ2) is 12.0. The molecule has 0 N–H and O–H groups in total. The van der Waals surface area contributed by atoms with Gasteiger partial charge in [-0.2, -0.15) is 0 Å². The molecule has 0 aromatic carbocycles. The lowest BCUT2D eigenvalue weighted by Crippen LogP contribution is -2.38. The first-order valence-electron chi connectivity index (χ1n) is 8.68. The lowest BCUT2D eigenvalue weighted by Gasteiger charge is -2.34. The molecule has 0 aliphatic heterocycles.